The van der Waals surface area contributed by atoms with Gasteiger partial charge in [0, 0.05) is 24.3 Å². The number of aryl methyl sites for hydroxylation is 3. The van der Waals surface area contributed by atoms with Crippen molar-refractivity contribution in [2.24, 2.45) is 0 Å². The fourth-order valence-electron chi connectivity index (χ4n) is 3.44. The van der Waals surface area contributed by atoms with Crippen LogP contribution in [0.1, 0.15) is 29.1 Å². The molecule has 1 fully saturated rings. The number of thiazole rings is 1. The Hall–Kier alpha value is -3.25. The van der Waals surface area contributed by atoms with Crippen LogP contribution < -0.4 is 16.0 Å². The number of urea groups is 1. The zero-order valence-corrected chi connectivity index (χ0v) is 20.0. The Morgan fingerprint density at radius 3 is 2.82 bits per heavy atom. The molecule has 1 aliphatic rings. The molecule has 172 valence electrons. The van der Waals surface area contributed by atoms with E-state index in [1.165, 1.54) is 23.1 Å². The Morgan fingerprint density at radius 2 is 2.09 bits per heavy atom. The minimum atomic E-state index is -0.516. The summed E-state index contributed by atoms with van der Waals surface area (Å²) in [6.07, 6.45) is 0.480. The molecule has 3 heterocycles. The van der Waals surface area contributed by atoms with E-state index >= 15 is 0 Å². The molecule has 1 atom stereocenters. The van der Waals surface area contributed by atoms with E-state index in [1.54, 1.807) is 0 Å². The quantitative estimate of drug-likeness (QED) is 0.438. The number of hydrogen-bond acceptors (Lipinski definition) is 8. The number of thioether (sulfide) groups is 1. The molecule has 0 aliphatic carbocycles. The Morgan fingerprint density at radius 1 is 1.27 bits per heavy atom. The summed E-state index contributed by atoms with van der Waals surface area (Å²) < 4.78 is 1.90. The van der Waals surface area contributed by atoms with Crippen LogP contribution in [-0.4, -0.2) is 49.4 Å². The van der Waals surface area contributed by atoms with Crippen LogP contribution in [0, 0.1) is 20.8 Å². The van der Waals surface area contributed by atoms with Crippen LogP contribution in [0.3, 0.4) is 0 Å². The van der Waals surface area contributed by atoms with E-state index in [1.807, 2.05) is 48.9 Å². The SMILES string of the molecule is Cc1ccc(C)c(-n2c(CC3CC(=O)NC(=O)N3)nnc2SCC(=O)Nc2nc(C)cs2)c1. The summed E-state index contributed by atoms with van der Waals surface area (Å²) in [4.78, 5) is 40.2. The number of nitrogens with one attached hydrogen (secondary N) is 3. The molecule has 12 heteroatoms. The fourth-order valence-corrected chi connectivity index (χ4v) is 4.91. The molecular formula is C21H23N7O3S2. The number of anilines is 1. The maximum Gasteiger partial charge on any atom is 0.321 e. The van der Waals surface area contributed by atoms with E-state index in [0.717, 1.165) is 22.5 Å². The van der Waals surface area contributed by atoms with Gasteiger partial charge in [-0.3, -0.25) is 19.5 Å². The van der Waals surface area contributed by atoms with Gasteiger partial charge in [0.25, 0.3) is 0 Å². The molecule has 0 saturated carbocycles. The Kier molecular flexibility index (Phi) is 6.75. The van der Waals surface area contributed by atoms with E-state index in [9.17, 15) is 14.4 Å². The highest BCUT2D eigenvalue weighted by molar-refractivity contribution is 7.99. The predicted octanol–water partition coefficient (Wildman–Crippen LogP) is 2.52. The molecule has 1 aromatic carbocycles. The minimum Gasteiger partial charge on any atom is -0.334 e. The highest BCUT2D eigenvalue weighted by Gasteiger charge is 2.27. The van der Waals surface area contributed by atoms with Crippen LogP contribution in [0.2, 0.25) is 0 Å². The third-order valence-corrected chi connectivity index (χ3v) is 6.76. The van der Waals surface area contributed by atoms with Crippen molar-refractivity contribution < 1.29 is 14.4 Å². The molecule has 1 aliphatic heterocycles. The minimum absolute atomic E-state index is 0.129. The molecule has 4 amide bonds. The molecule has 4 rings (SSSR count). The van der Waals surface area contributed by atoms with Crippen molar-refractivity contribution in [1.29, 1.82) is 0 Å². The van der Waals surface area contributed by atoms with Gasteiger partial charge in [0.15, 0.2) is 10.3 Å². The number of benzene rings is 1. The number of carbonyl (C=O) groups is 3. The average Bonchev–Trinajstić information content (AvgIpc) is 3.33. The van der Waals surface area contributed by atoms with Gasteiger partial charge in [-0.05, 0) is 38.0 Å². The maximum atomic E-state index is 12.4. The van der Waals surface area contributed by atoms with Gasteiger partial charge in [-0.1, -0.05) is 23.9 Å². The van der Waals surface area contributed by atoms with Crippen LogP contribution in [-0.2, 0) is 16.0 Å². The predicted molar refractivity (Wildman–Crippen MR) is 126 cm³/mol. The lowest BCUT2D eigenvalue weighted by Gasteiger charge is -2.23. The second-order valence-corrected chi connectivity index (χ2v) is 9.58. The van der Waals surface area contributed by atoms with Gasteiger partial charge in [-0.2, -0.15) is 0 Å². The normalized spacial score (nSPS) is 15.8. The first kappa shape index (κ1) is 22.9. The van der Waals surface area contributed by atoms with Crippen molar-refractivity contribution in [3.63, 3.8) is 0 Å². The monoisotopic (exact) mass is 485 g/mol. The van der Waals surface area contributed by atoms with E-state index in [4.69, 9.17) is 0 Å². The van der Waals surface area contributed by atoms with Crippen LogP contribution in [0.25, 0.3) is 5.69 Å². The lowest BCUT2D eigenvalue weighted by Crippen LogP contribution is -2.53. The first-order valence-corrected chi connectivity index (χ1v) is 12.1. The van der Waals surface area contributed by atoms with Gasteiger partial charge in [0.05, 0.1) is 17.1 Å². The Labute approximate surface area is 198 Å². The molecular weight excluding hydrogens is 462 g/mol. The van der Waals surface area contributed by atoms with Crippen LogP contribution in [0.15, 0.2) is 28.7 Å². The lowest BCUT2D eigenvalue weighted by molar-refractivity contribution is -0.121. The third kappa shape index (κ3) is 5.57. The number of hydrogen-bond donors (Lipinski definition) is 3. The zero-order chi connectivity index (χ0) is 23.5. The number of imide groups is 1. The van der Waals surface area contributed by atoms with E-state index in [0.29, 0.717) is 22.5 Å². The van der Waals surface area contributed by atoms with Gasteiger partial charge >= 0.3 is 6.03 Å². The van der Waals surface area contributed by atoms with Gasteiger partial charge in [-0.15, -0.1) is 21.5 Å². The molecule has 10 nitrogen and oxygen atoms in total. The molecule has 1 saturated heterocycles. The molecule has 3 N–H and O–H groups in total. The lowest BCUT2D eigenvalue weighted by atomic mass is 10.1. The summed E-state index contributed by atoms with van der Waals surface area (Å²) in [5.74, 6) is 0.208. The molecule has 1 unspecified atom stereocenters. The Balaban J connectivity index is 1.58. The van der Waals surface area contributed by atoms with E-state index in [-0.39, 0.29) is 24.0 Å². The van der Waals surface area contributed by atoms with Crippen molar-refractivity contribution in [1.82, 2.24) is 30.4 Å². The first-order valence-electron chi connectivity index (χ1n) is 10.3. The van der Waals surface area contributed by atoms with Gasteiger partial charge in [0.2, 0.25) is 11.8 Å². The van der Waals surface area contributed by atoms with Crippen molar-refractivity contribution >= 4 is 46.1 Å². The van der Waals surface area contributed by atoms with Crippen molar-refractivity contribution in [3.05, 3.63) is 46.2 Å². The van der Waals surface area contributed by atoms with Crippen LogP contribution in [0.5, 0.6) is 0 Å². The number of nitrogens with zero attached hydrogens (tertiary/aromatic N) is 4. The smallest absolute Gasteiger partial charge is 0.321 e. The number of rotatable bonds is 7. The second-order valence-electron chi connectivity index (χ2n) is 7.78. The van der Waals surface area contributed by atoms with Gasteiger partial charge in [-0.25, -0.2) is 9.78 Å². The van der Waals surface area contributed by atoms with Crippen LogP contribution in [0.4, 0.5) is 9.93 Å². The molecule has 0 bridgehead atoms. The summed E-state index contributed by atoms with van der Waals surface area (Å²) in [6, 6.07) is 5.14. The summed E-state index contributed by atoms with van der Waals surface area (Å²) in [7, 11) is 0. The molecule has 0 spiro atoms. The van der Waals surface area contributed by atoms with Crippen molar-refractivity contribution in [2.75, 3.05) is 11.1 Å². The average molecular weight is 486 g/mol. The number of carbonyl (C=O) groups excluding carboxylic acids is 3. The van der Waals surface area contributed by atoms with E-state index in [2.05, 4.69) is 31.1 Å². The maximum absolute atomic E-state index is 12.4. The third-order valence-electron chi connectivity index (χ3n) is 4.95. The summed E-state index contributed by atoms with van der Waals surface area (Å²) in [5.41, 5.74) is 3.82. The zero-order valence-electron chi connectivity index (χ0n) is 18.3. The Bertz CT molecular complexity index is 1200. The van der Waals surface area contributed by atoms with Crippen molar-refractivity contribution in [3.8, 4) is 5.69 Å². The number of amides is 4. The summed E-state index contributed by atoms with van der Waals surface area (Å²) in [5, 5.41) is 19.4. The second kappa shape index (κ2) is 9.71. The van der Waals surface area contributed by atoms with E-state index < -0.39 is 12.1 Å². The number of aromatic nitrogens is 4. The molecule has 0 radical (unpaired) electrons. The molecule has 3 aromatic rings. The topological polar surface area (TPSA) is 131 Å². The molecule has 33 heavy (non-hydrogen) atoms. The first-order chi connectivity index (χ1) is 15.8. The van der Waals surface area contributed by atoms with Crippen LogP contribution >= 0.6 is 23.1 Å². The highest BCUT2D eigenvalue weighted by atomic mass is 32.2. The van der Waals surface area contributed by atoms with Gasteiger partial charge in [0.1, 0.15) is 5.82 Å². The van der Waals surface area contributed by atoms with Crippen molar-refractivity contribution in [2.45, 2.75) is 44.8 Å². The largest absolute Gasteiger partial charge is 0.334 e. The summed E-state index contributed by atoms with van der Waals surface area (Å²) >= 11 is 2.64. The van der Waals surface area contributed by atoms with Gasteiger partial charge < -0.3 is 10.6 Å². The highest BCUT2D eigenvalue weighted by Crippen LogP contribution is 2.26. The molecule has 2 aromatic heterocycles. The fraction of sp³-hybridized carbons (Fsp3) is 0.333. The summed E-state index contributed by atoms with van der Waals surface area (Å²) in [6.45, 7) is 5.85. The standard InChI is InChI=1S/C21H23N7O3S2/c1-11-4-5-12(2)15(6-11)28-16(7-14-8-17(29)24-19(31)23-14)26-27-21(28)33-10-18(30)25-20-22-13(3)9-32-20/h4-6,9,14H,7-8,10H2,1-3H3,(H,22,25,30)(H2,23,24,29,31).